The number of nitriles is 1. The van der Waals surface area contributed by atoms with Crippen molar-refractivity contribution in [2.24, 2.45) is 7.05 Å². The van der Waals surface area contributed by atoms with E-state index in [9.17, 15) is 18.8 Å². The predicted octanol–water partition coefficient (Wildman–Crippen LogP) is 4.19. The fourth-order valence-electron chi connectivity index (χ4n) is 4.54. The lowest BCUT2D eigenvalue weighted by Crippen LogP contribution is -2.47. The zero-order chi connectivity index (χ0) is 24.0. The molecule has 0 bridgehead atoms. The van der Waals surface area contributed by atoms with E-state index in [4.69, 9.17) is 4.52 Å². The van der Waals surface area contributed by atoms with Crippen LogP contribution in [-0.4, -0.2) is 32.3 Å². The fraction of sp³-hybridized carbons (Fsp3) is 0.200. The van der Waals surface area contributed by atoms with Gasteiger partial charge in [-0.1, -0.05) is 17.3 Å². The molecule has 0 saturated heterocycles. The molecule has 1 aliphatic rings. The topological polar surface area (TPSA) is 88.0 Å². The molecule has 0 N–H and O–H groups in total. The number of fused-ring (bicyclic) bond motifs is 1. The van der Waals surface area contributed by atoms with Crippen LogP contribution in [0.25, 0.3) is 11.3 Å². The smallest absolute Gasteiger partial charge is 0.276 e. The summed E-state index contributed by atoms with van der Waals surface area (Å²) in [7, 11) is 1.82. The van der Waals surface area contributed by atoms with Gasteiger partial charge in [-0.3, -0.25) is 9.48 Å². The lowest BCUT2D eigenvalue weighted by Gasteiger charge is -2.41. The highest BCUT2D eigenvalue weighted by molar-refractivity contribution is 5.93. The number of nitrogens with zero attached hydrogens (tertiary/aromatic N) is 5. The molecule has 0 fully saturated rings. The molecule has 5 rings (SSSR count). The summed E-state index contributed by atoms with van der Waals surface area (Å²) in [5.41, 5.74) is 2.47. The Bertz CT molecular complexity index is 1470. The number of carbonyl (C=O) groups is 1. The summed E-state index contributed by atoms with van der Waals surface area (Å²) in [5.74, 6) is -1.94. The minimum atomic E-state index is -0.815. The van der Waals surface area contributed by atoms with Gasteiger partial charge >= 0.3 is 0 Å². The van der Waals surface area contributed by atoms with E-state index < -0.39 is 23.0 Å². The fourth-order valence-corrected chi connectivity index (χ4v) is 4.54. The number of aromatic nitrogens is 3. The molecule has 7 nitrogen and oxygen atoms in total. The molecule has 9 heteroatoms. The molecule has 3 heterocycles. The second-order valence-electron chi connectivity index (χ2n) is 8.54. The minimum absolute atomic E-state index is 0.00362. The number of carbonyl (C=O) groups excluding carboxylic acids is 1. The van der Waals surface area contributed by atoms with E-state index in [1.807, 2.05) is 32.3 Å². The largest absolute Gasteiger partial charge is 0.355 e. The van der Waals surface area contributed by atoms with Crippen molar-refractivity contribution in [1.82, 2.24) is 19.8 Å². The van der Waals surface area contributed by atoms with Crippen LogP contribution in [0.3, 0.4) is 0 Å². The normalized spacial score (nSPS) is 17.3. The van der Waals surface area contributed by atoms with Crippen LogP contribution < -0.4 is 0 Å². The molecule has 0 spiro atoms. The Morgan fingerprint density at radius 1 is 1.24 bits per heavy atom. The summed E-state index contributed by atoms with van der Waals surface area (Å²) in [6, 6.07) is 12.2. The minimum Gasteiger partial charge on any atom is -0.355 e. The molecule has 34 heavy (non-hydrogen) atoms. The van der Waals surface area contributed by atoms with E-state index in [1.165, 1.54) is 12.1 Å². The van der Waals surface area contributed by atoms with Crippen LogP contribution in [0.15, 0.2) is 59.4 Å². The highest BCUT2D eigenvalue weighted by Gasteiger charge is 2.41. The Kier molecular flexibility index (Phi) is 5.01. The summed E-state index contributed by atoms with van der Waals surface area (Å²) >= 11 is 0. The third-order valence-electron chi connectivity index (χ3n) is 6.30. The van der Waals surface area contributed by atoms with Crippen molar-refractivity contribution in [1.29, 1.82) is 5.26 Å². The van der Waals surface area contributed by atoms with Gasteiger partial charge in [0.1, 0.15) is 11.6 Å². The van der Waals surface area contributed by atoms with Crippen LogP contribution >= 0.6 is 0 Å². The zero-order valence-electron chi connectivity index (χ0n) is 18.4. The van der Waals surface area contributed by atoms with Gasteiger partial charge in [-0.15, -0.1) is 0 Å². The Labute approximate surface area is 193 Å². The van der Waals surface area contributed by atoms with Gasteiger partial charge < -0.3 is 9.42 Å². The maximum atomic E-state index is 14.2. The molecule has 1 atom stereocenters. The highest BCUT2D eigenvalue weighted by Crippen LogP contribution is 2.40. The van der Waals surface area contributed by atoms with Gasteiger partial charge in [0.05, 0.1) is 23.4 Å². The summed E-state index contributed by atoms with van der Waals surface area (Å²) < 4.78 is 34.3. The van der Waals surface area contributed by atoms with Crippen LogP contribution in [0.4, 0.5) is 8.78 Å². The van der Waals surface area contributed by atoms with Gasteiger partial charge in [-0.05, 0) is 36.2 Å². The predicted molar refractivity (Wildman–Crippen MR) is 117 cm³/mol. The number of hydrogen-bond acceptors (Lipinski definition) is 5. The average molecular weight is 459 g/mol. The molecular weight excluding hydrogens is 440 g/mol. The van der Waals surface area contributed by atoms with Gasteiger partial charge in [-0.2, -0.15) is 10.4 Å². The first-order valence-electron chi connectivity index (χ1n) is 10.5. The van der Waals surface area contributed by atoms with Crippen molar-refractivity contribution >= 4 is 5.91 Å². The van der Waals surface area contributed by atoms with E-state index in [-0.39, 0.29) is 23.6 Å². The van der Waals surface area contributed by atoms with Gasteiger partial charge in [0.15, 0.2) is 11.5 Å². The zero-order valence-corrected chi connectivity index (χ0v) is 18.4. The van der Waals surface area contributed by atoms with Crippen LogP contribution in [0, 0.1) is 23.0 Å². The second-order valence-corrected chi connectivity index (χ2v) is 8.54. The van der Waals surface area contributed by atoms with Crippen molar-refractivity contribution in [2.75, 3.05) is 6.54 Å². The maximum absolute atomic E-state index is 14.2. The second kappa shape index (κ2) is 7.92. The van der Waals surface area contributed by atoms with E-state index in [0.29, 0.717) is 12.1 Å². The number of hydrogen-bond donors (Lipinski definition) is 0. The molecule has 2 aromatic carbocycles. The SMILES string of the molecule is Cn1cc(C2(C)CN(C(=O)c3cc(-c4ccc(F)cc4F)on3)Cc3c(C#N)cccc32)cn1. The summed E-state index contributed by atoms with van der Waals surface area (Å²) in [6.07, 6.45) is 3.64. The van der Waals surface area contributed by atoms with E-state index in [0.717, 1.165) is 28.8 Å². The first-order valence-corrected chi connectivity index (χ1v) is 10.5. The summed E-state index contributed by atoms with van der Waals surface area (Å²) in [5, 5.41) is 17.8. The van der Waals surface area contributed by atoms with E-state index in [2.05, 4.69) is 16.3 Å². The lowest BCUT2D eigenvalue weighted by molar-refractivity contribution is 0.0684. The number of benzene rings is 2. The van der Waals surface area contributed by atoms with Crippen LogP contribution in [0.1, 0.15) is 39.7 Å². The molecule has 1 unspecified atom stereocenters. The van der Waals surface area contributed by atoms with E-state index >= 15 is 0 Å². The standard InChI is InChI=1S/C25H19F2N5O2/c1-25(16-11-29-31(2)12-16)14-32(13-19-15(10-28)4-3-5-20(19)25)24(33)22-9-23(34-30-22)18-7-6-17(26)8-21(18)27/h3-9,11-12H,13-14H2,1-2H3. The van der Waals surface area contributed by atoms with Crippen molar-refractivity contribution in [3.8, 4) is 17.4 Å². The van der Waals surface area contributed by atoms with Gasteiger partial charge in [-0.25, -0.2) is 8.78 Å². The third-order valence-corrected chi connectivity index (χ3v) is 6.30. The molecule has 0 aliphatic carbocycles. The number of rotatable bonds is 3. The number of amides is 1. The molecular formula is C25H19F2N5O2. The first kappa shape index (κ1) is 21.5. The van der Waals surface area contributed by atoms with Gasteiger partial charge in [0, 0.05) is 49.4 Å². The number of halogens is 2. The van der Waals surface area contributed by atoms with Crippen molar-refractivity contribution in [2.45, 2.75) is 18.9 Å². The van der Waals surface area contributed by atoms with Crippen LogP contribution in [0.2, 0.25) is 0 Å². The Morgan fingerprint density at radius 3 is 2.76 bits per heavy atom. The Morgan fingerprint density at radius 2 is 2.06 bits per heavy atom. The summed E-state index contributed by atoms with van der Waals surface area (Å²) in [4.78, 5) is 15.1. The Balaban J connectivity index is 1.54. The lowest BCUT2D eigenvalue weighted by atomic mass is 9.72. The average Bonchev–Trinajstić information content (AvgIpc) is 3.48. The quantitative estimate of drug-likeness (QED) is 0.459. The molecule has 170 valence electrons. The Hall–Kier alpha value is -4.32. The van der Waals surface area contributed by atoms with Crippen molar-refractivity contribution < 1.29 is 18.1 Å². The molecule has 0 saturated carbocycles. The van der Waals surface area contributed by atoms with Crippen LogP contribution in [0.5, 0.6) is 0 Å². The summed E-state index contributed by atoms with van der Waals surface area (Å²) in [6.45, 7) is 2.53. The molecule has 1 aliphatic heterocycles. The number of aryl methyl sites for hydroxylation is 1. The van der Waals surface area contributed by atoms with Crippen molar-refractivity contribution in [3.05, 3.63) is 94.4 Å². The molecule has 4 aromatic rings. The third kappa shape index (κ3) is 3.44. The first-order chi connectivity index (χ1) is 16.3. The molecule has 1 amide bonds. The van der Waals surface area contributed by atoms with Crippen molar-refractivity contribution in [3.63, 3.8) is 0 Å². The maximum Gasteiger partial charge on any atom is 0.276 e. The van der Waals surface area contributed by atoms with Crippen LogP contribution in [-0.2, 0) is 19.0 Å². The molecule has 0 radical (unpaired) electrons. The monoisotopic (exact) mass is 459 g/mol. The van der Waals surface area contributed by atoms with Gasteiger partial charge in [0.2, 0.25) is 0 Å². The molecule has 2 aromatic heterocycles. The van der Waals surface area contributed by atoms with Gasteiger partial charge in [0.25, 0.3) is 5.91 Å². The van der Waals surface area contributed by atoms with E-state index in [1.54, 1.807) is 21.8 Å². The highest BCUT2D eigenvalue weighted by atomic mass is 19.1.